The number of aromatic nitrogens is 2. The lowest BCUT2D eigenvalue weighted by Crippen LogP contribution is -2.56. The molecule has 2 aliphatic heterocycles. The smallest absolute Gasteiger partial charge is 0.410 e. The van der Waals surface area contributed by atoms with Crippen LogP contribution in [-0.4, -0.2) is 77.9 Å². The number of nitrogens with one attached hydrogen (secondary N) is 3. The molecule has 6 aromatic rings. The van der Waals surface area contributed by atoms with E-state index in [2.05, 4.69) is 128 Å². The predicted molar refractivity (Wildman–Crippen MR) is 210 cm³/mol. The molecule has 2 aromatic heterocycles. The summed E-state index contributed by atoms with van der Waals surface area (Å²) in [5, 5.41) is 6.03. The molecule has 0 bridgehead atoms. The minimum Gasteiger partial charge on any atom is -0.444 e. The molecular weight excluding hydrogens is 633 g/mol. The van der Waals surface area contributed by atoms with Gasteiger partial charge in [0.05, 0.1) is 6.04 Å². The van der Waals surface area contributed by atoms with E-state index in [0.717, 1.165) is 44.5 Å². The van der Waals surface area contributed by atoms with Crippen LogP contribution in [0.25, 0.3) is 21.8 Å². The number of carbonyl (C=O) groups is 1. The molecule has 3 N–H and O–H groups in total. The fourth-order valence-corrected chi connectivity index (χ4v) is 7.36. The number of carbonyl (C=O) groups excluding carboxylic acids is 1. The Morgan fingerprint density at radius 3 is 1.80 bits per heavy atom. The minimum absolute atomic E-state index is 0.190. The van der Waals surface area contributed by atoms with Crippen molar-refractivity contribution in [2.24, 2.45) is 0 Å². The molecular formula is C43H50N6O2. The molecule has 2 aliphatic rings. The number of H-pyrrole nitrogens is 2. The molecule has 2 fully saturated rings. The van der Waals surface area contributed by atoms with E-state index in [1.165, 1.54) is 38.8 Å². The lowest BCUT2D eigenvalue weighted by Gasteiger charge is -2.43. The highest BCUT2D eigenvalue weighted by atomic mass is 16.6. The highest BCUT2D eigenvalue weighted by molar-refractivity contribution is 5.84. The number of nitrogens with zero attached hydrogens (tertiary/aromatic N) is 3. The van der Waals surface area contributed by atoms with Crippen LogP contribution in [0.5, 0.6) is 0 Å². The quantitative estimate of drug-likeness (QED) is 0.166. The molecule has 8 rings (SSSR count). The van der Waals surface area contributed by atoms with Gasteiger partial charge in [-0.2, -0.15) is 0 Å². The average Bonchev–Trinajstić information content (AvgIpc) is 3.82. The van der Waals surface area contributed by atoms with Gasteiger partial charge in [-0.05, 0) is 93.3 Å². The lowest BCUT2D eigenvalue weighted by molar-refractivity contribution is 0.0214. The Hall–Kier alpha value is -5.21. The van der Waals surface area contributed by atoms with Crippen LogP contribution in [0.2, 0.25) is 0 Å². The number of ether oxygens (including phenoxy) is 1. The predicted octanol–water partition coefficient (Wildman–Crippen LogP) is 8.03. The van der Waals surface area contributed by atoms with Gasteiger partial charge in [-0.15, -0.1) is 0 Å². The van der Waals surface area contributed by atoms with Crippen molar-refractivity contribution in [2.45, 2.75) is 51.3 Å². The third-order valence-corrected chi connectivity index (χ3v) is 9.85. The molecule has 264 valence electrons. The van der Waals surface area contributed by atoms with E-state index in [1.54, 1.807) is 0 Å². The summed E-state index contributed by atoms with van der Waals surface area (Å²) in [6, 6.07) is 39.5. The first-order valence-corrected chi connectivity index (χ1v) is 18.2. The molecule has 1 amide bonds. The fourth-order valence-electron chi connectivity index (χ4n) is 7.36. The molecule has 2 saturated heterocycles. The zero-order valence-corrected chi connectivity index (χ0v) is 30.0. The molecule has 0 saturated carbocycles. The fraction of sp³-hybridized carbons (Fsp3) is 0.326. The molecule has 8 heteroatoms. The molecule has 4 aromatic carbocycles. The van der Waals surface area contributed by atoms with E-state index >= 15 is 0 Å². The number of hydrogen-bond acceptors (Lipinski definition) is 5. The van der Waals surface area contributed by atoms with Gasteiger partial charge in [-0.3, -0.25) is 0 Å². The molecule has 4 heterocycles. The zero-order valence-electron chi connectivity index (χ0n) is 30.0. The van der Waals surface area contributed by atoms with Crippen LogP contribution in [-0.2, 0) is 17.6 Å². The number of hydrogen-bond donors (Lipinski definition) is 3. The highest BCUT2D eigenvalue weighted by Gasteiger charge is 2.32. The number of rotatable bonds is 6. The third kappa shape index (κ3) is 8.58. The number of anilines is 2. The topological polar surface area (TPSA) is 79.6 Å². The summed E-state index contributed by atoms with van der Waals surface area (Å²) in [6.07, 6.45) is 5.71. The summed E-state index contributed by atoms with van der Waals surface area (Å²) in [7, 11) is 0. The summed E-state index contributed by atoms with van der Waals surface area (Å²) >= 11 is 0. The van der Waals surface area contributed by atoms with Crippen LogP contribution >= 0.6 is 0 Å². The number of benzene rings is 4. The molecule has 8 nitrogen and oxygen atoms in total. The van der Waals surface area contributed by atoms with Crippen molar-refractivity contribution in [1.82, 2.24) is 20.2 Å². The van der Waals surface area contributed by atoms with Crippen molar-refractivity contribution in [3.8, 4) is 0 Å². The maximum Gasteiger partial charge on any atom is 0.410 e. The van der Waals surface area contributed by atoms with Crippen LogP contribution in [0.4, 0.5) is 16.2 Å². The summed E-state index contributed by atoms with van der Waals surface area (Å²) in [5.41, 5.74) is 7.07. The molecule has 0 spiro atoms. The molecule has 0 radical (unpaired) electrons. The van der Waals surface area contributed by atoms with Crippen LogP contribution in [0.15, 0.2) is 122 Å². The second-order valence-electron chi connectivity index (χ2n) is 14.7. The van der Waals surface area contributed by atoms with Crippen molar-refractivity contribution >= 4 is 39.3 Å². The van der Waals surface area contributed by atoms with E-state index in [-0.39, 0.29) is 12.1 Å². The van der Waals surface area contributed by atoms with E-state index in [4.69, 9.17) is 4.74 Å². The molecule has 0 aliphatic carbocycles. The Morgan fingerprint density at radius 1 is 0.686 bits per heavy atom. The van der Waals surface area contributed by atoms with Crippen LogP contribution in [0, 0.1) is 0 Å². The number of fused-ring (bicyclic) bond motifs is 2. The summed E-state index contributed by atoms with van der Waals surface area (Å²) in [6.45, 7) is 11.0. The summed E-state index contributed by atoms with van der Waals surface area (Å²) in [5.74, 6) is 0. The summed E-state index contributed by atoms with van der Waals surface area (Å²) < 4.78 is 5.63. The Kier molecular flexibility index (Phi) is 10.3. The van der Waals surface area contributed by atoms with Gasteiger partial charge in [0.25, 0.3) is 0 Å². The van der Waals surface area contributed by atoms with Crippen molar-refractivity contribution in [3.05, 3.63) is 133 Å². The van der Waals surface area contributed by atoms with Crippen LogP contribution in [0.3, 0.4) is 0 Å². The second kappa shape index (κ2) is 15.4. The Morgan fingerprint density at radius 2 is 1.24 bits per heavy atom. The van der Waals surface area contributed by atoms with Gasteiger partial charge in [0.15, 0.2) is 0 Å². The Labute approximate surface area is 301 Å². The van der Waals surface area contributed by atoms with E-state index in [9.17, 15) is 4.79 Å². The van der Waals surface area contributed by atoms with E-state index < -0.39 is 5.60 Å². The van der Waals surface area contributed by atoms with Gasteiger partial charge >= 0.3 is 6.09 Å². The number of aromatic amines is 2. The molecule has 51 heavy (non-hydrogen) atoms. The van der Waals surface area contributed by atoms with Crippen molar-refractivity contribution < 1.29 is 9.53 Å². The second-order valence-corrected chi connectivity index (χ2v) is 14.7. The van der Waals surface area contributed by atoms with E-state index in [1.807, 2.05) is 44.1 Å². The lowest BCUT2D eigenvalue weighted by atomic mass is 10.0. The SMILES string of the molecule is CC(C)(C)OC(=O)N1CCN(c2ccc3[nH]ccc3c2)C(Cc2ccccc2)C1.c1ccc(CC2CNCCN2c2ccc3[nH]ccc3c2)cc1. The van der Waals surface area contributed by atoms with Gasteiger partial charge in [-0.25, -0.2) is 4.79 Å². The first-order chi connectivity index (χ1) is 24.8. The first kappa shape index (κ1) is 34.2. The largest absolute Gasteiger partial charge is 0.444 e. The highest BCUT2D eigenvalue weighted by Crippen LogP contribution is 2.28. The van der Waals surface area contributed by atoms with Gasteiger partial charge in [-0.1, -0.05) is 60.7 Å². The molecule has 2 unspecified atom stereocenters. The van der Waals surface area contributed by atoms with Gasteiger partial charge in [0.2, 0.25) is 0 Å². The maximum absolute atomic E-state index is 12.7. The van der Waals surface area contributed by atoms with Crippen LogP contribution in [0.1, 0.15) is 31.9 Å². The zero-order chi connectivity index (χ0) is 35.2. The van der Waals surface area contributed by atoms with E-state index in [0.29, 0.717) is 19.1 Å². The monoisotopic (exact) mass is 682 g/mol. The van der Waals surface area contributed by atoms with Crippen molar-refractivity contribution in [1.29, 1.82) is 0 Å². The maximum atomic E-state index is 12.7. The Bertz CT molecular complexity index is 2010. The van der Waals surface area contributed by atoms with Gasteiger partial charge in [0.1, 0.15) is 5.60 Å². The number of amides is 1. The molecule has 2 atom stereocenters. The van der Waals surface area contributed by atoms with Crippen LogP contribution < -0.4 is 15.1 Å². The van der Waals surface area contributed by atoms with Crippen molar-refractivity contribution in [2.75, 3.05) is 49.1 Å². The number of piperazine rings is 2. The average molecular weight is 683 g/mol. The first-order valence-electron chi connectivity index (χ1n) is 18.2. The Balaban J connectivity index is 0.000000165. The third-order valence-electron chi connectivity index (χ3n) is 9.85. The minimum atomic E-state index is -0.484. The standard InChI is InChI=1S/C24H29N3O2.C19H21N3/c1-24(2,3)29-23(28)26-13-14-27(20-9-10-22-19(16-20)11-12-25-22)21(17-26)15-18-7-5-4-6-8-18;1-2-4-15(5-3-1)12-18-14-20-10-11-22(18)17-6-7-19-16(13-17)8-9-21-19/h4-12,16,21,25H,13-15,17H2,1-3H3;1-9,13,18,20-21H,10-12,14H2. The normalized spacial score (nSPS) is 18.1. The summed E-state index contributed by atoms with van der Waals surface area (Å²) in [4.78, 5) is 26.0. The van der Waals surface area contributed by atoms with Gasteiger partial charge < -0.3 is 34.7 Å². The van der Waals surface area contributed by atoms with Crippen molar-refractivity contribution in [3.63, 3.8) is 0 Å². The van der Waals surface area contributed by atoms with Gasteiger partial charge in [0, 0.05) is 90.9 Å².